The van der Waals surface area contributed by atoms with Crippen LogP contribution in [0.15, 0.2) is 23.1 Å². The number of benzene rings is 1. The van der Waals surface area contributed by atoms with E-state index >= 15 is 0 Å². The quantitative estimate of drug-likeness (QED) is 0.822. The van der Waals surface area contributed by atoms with Crippen LogP contribution in [0.25, 0.3) is 0 Å². The Labute approximate surface area is 124 Å². The first-order valence-corrected chi connectivity index (χ1v) is 8.45. The van der Waals surface area contributed by atoms with Crippen molar-refractivity contribution in [1.82, 2.24) is 4.31 Å². The molecule has 0 N–H and O–H groups in total. The smallest absolute Gasteiger partial charge is 0.243 e. The summed E-state index contributed by atoms with van der Waals surface area (Å²) in [5.74, 6) is 1.07. The zero-order chi connectivity index (χ0) is 15.0. The maximum absolute atomic E-state index is 12.8. The first-order valence-electron chi connectivity index (χ1n) is 7.01. The van der Waals surface area contributed by atoms with Crippen LogP contribution in [0.2, 0.25) is 0 Å². The van der Waals surface area contributed by atoms with Crippen LogP contribution >= 0.6 is 0 Å². The van der Waals surface area contributed by atoms with Crippen LogP contribution in [0.3, 0.4) is 0 Å². The van der Waals surface area contributed by atoms with E-state index in [1.54, 1.807) is 12.1 Å². The average Bonchev–Trinajstić information content (AvgIpc) is 2.49. The summed E-state index contributed by atoms with van der Waals surface area (Å²) < 4.78 is 43.5. The Morgan fingerprint density at radius 2 is 1.86 bits per heavy atom. The molecule has 1 aromatic carbocycles. The van der Waals surface area contributed by atoms with Crippen LogP contribution < -0.4 is 9.47 Å². The van der Waals surface area contributed by atoms with E-state index in [1.165, 1.54) is 10.4 Å². The number of hydrogen-bond donors (Lipinski definition) is 0. The summed E-state index contributed by atoms with van der Waals surface area (Å²) in [6.45, 7) is 5.40. The van der Waals surface area contributed by atoms with E-state index < -0.39 is 10.0 Å². The number of hydrogen-bond acceptors (Lipinski definition) is 5. The summed E-state index contributed by atoms with van der Waals surface area (Å²) in [7, 11) is -3.56. The van der Waals surface area contributed by atoms with Crippen molar-refractivity contribution in [2.75, 3.05) is 26.4 Å². The molecule has 2 unspecified atom stereocenters. The standard InChI is InChI=1S/C14H19NO5S/c1-10-9-20-11(2)8-15(10)21(16,17)12-3-4-13-14(7-12)19-6-5-18-13/h3-4,7,10-11H,5-6,8-9H2,1-2H3. The molecule has 3 rings (SSSR count). The van der Waals surface area contributed by atoms with Crippen molar-refractivity contribution >= 4 is 10.0 Å². The molecule has 0 aromatic heterocycles. The maximum atomic E-state index is 12.8. The zero-order valence-corrected chi connectivity index (χ0v) is 12.9. The van der Waals surface area contributed by atoms with Gasteiger partial charge in [0.15, 0.2) is 11.5 Å². The Morgan fingerprint density at radius 1 is 1.14 bits per heavy atom. The fourth-order valence-electron chi connectivity index (χ4n) is 2.53. The number of ether oxygens (including phenoxy) is 3. The van der Waals surface area contributed by atoms with E-state index in [1.807, 2.05) is 13.8 Å². The summed E-state index contributed by atoms with van der Waals surface area (Å²) in [6.07, 6.45) is -0.104. The Morgan fingerprint density at radius 3 is 2.62 bits per heavy atom. The van der Waals surface area contributed by atoms with Gasteiger partial charge in [-0.05, 0) is 26.0 Å². The Kier molecular flexibility index (Phi) is 3.81. The van der Waals surface area contributed by atoms with Gasteiger partial charge in [-0.15, -0.1) is 0 Å². The third-order valence-corrected chi connectivity index (χ3v) is 5.65. The number of morpholine rings is 1. The van der Waals surface area contributed by atoms with E-state index in [-0.39, 0.29) is 17.0 Å². The van der Waals surface area contributed by atoms with Crippen LogP contribution in [-0.2, 0) is 14.8 Å². The third kappa shape index (κ3) is 2.73. The zero-order valence-electron chi connectivity index (χ0n) is 12.1. The van der Waals surface area contributed by atoms with Gasteiger partial charge in [-0.3, -0.25) is 0 Å². The highest BCUT2D eigenvalue weighted by Gasteiger charge is 2.34. The number of nitrogens with zero attached hydrogens (tertiary/aromatic N) is 1. The van der Waals surface area contributed by atoms with Crippen molar-refractivity contribution < 1.29 is 22.6 Å². The molecular formula is C14H19NO5S. The van der Waals surface area contributed by atoms with Crippen molar-refractivity contribution in [1.29, 1.82) is 0 Å². The molecule has 116 valence electrons. The fourth-order valence-corrected chi connectivity index (χ4v) is 4.23. The fraction of sp³-hybridized carbons (Fsp3) is 0.571. The van der Waals surface area contributed by atoms with Gasteiger partial charge < -0.3 is 14.2 Å². The van der Waals surface area contributed by atoms with Crippen molar-refractivity contribution in [2.45, 2.75) is 30.9 Å². The third-order valence-electron chi connectivity index (χ3n) is 3.67. The highest BCUT2D eigenvalue weighted by Crippen LogP contribution is 2.34. The SMILES string of the molecule is CC1CN(S(=O)(=O)c2ccc3c(c2)OCCO3)C(C)CO1. The molecule has 21 heavy (non-hydrogen) atoms. The van der Waals surface area contributed by atoms with Crippen LogP contribution in [0, 0.1) is 0 Å². The molecule has 7 heteroatoms. The molecule has 0 amide bonds. The summed E-state index contributed by atoms with van der Waals surface area (Å²) in [5.41, 5.74) is 0. The molecule has 1 fully saturated rings. The van der Waals surface area contributed by atoms with Crippen LogP contribution in [0.1, 0.15) is 13.8 Å². The van der Waals surface area contributed by atoms with E-state index in [4.69, 9.17) is 14.2 Å². The first-order chi connectivity index (χ1) is 9.98. The van der Waals surface area contributed by atoms with Crippen LogP contribution in [-0.4, -0.2) is 51.2 Å². The van der Waals surface area contributed by atoms with Gasteiger partial charge in [-0.1, -0.05) is 0 Å². The molecular weight excluding hydrogens is 294 g/mol. The number of fused-ring (bicyclic) bond motifs is 1. The predicted molar refractivity (Wildman–Crippen MR) is 76.2 cm³/mol. The summed E-state index contributed by atoms with van der Waals surface area (Å²) in [6, 6.07) is 4.57. The minimum absolute atomic E-state index is 0.104. The molecule has 2 atom stereocenters. The second-order valence-corrected chi connectivity index (χ2v) is 7.26. The topological polar surface area (TPSA) is 65.1 Å². The van der Waals surface area contributed by atoms with Crippen LogP contribution in [0.5, 0.6) is 11.5 Å². The van der Waals surface area contributed by atoms with E-state index in [0.29, 0.717) is 37.9 Å². The lowest BCUT2D eigenvalue weighted by atomic mass is 10.2. The number of sulfonamides is 1. The summed E-state index contributed by atoms with van der Waals surface area (Å²) in [5, 5.41) is 0. The Hall–Kier alpha value is -1.31. The van der Waals surface area contributed by atoms with Gasteiger partial charge in [-0.25, -0.2) is 8.42 Å². The van der Waals surface area contributed by atoms with Gasteiger partial charge in [0.05, 0.1) is 17.6 Å². The van der Waals surface area contributed by atoms with Gasteiger partial charge >= 0.3 is 0 Å². The molecule has 6 nitrogen and oxygen atoms in total. The lowest BCUT2D eigenvalue weighted by Gasteiger charge is -2.35. The molecule has 0 radical (unpaired) electrons. The second kappa shape index (κ2) is 5.47. The molecule has 0 bridgehead atoms. The molecule has 1 saturated heterocycles. The molecule has 0 aliphatic carbocycles. The summed E-state index contributed by atoms with van der Waals surface area (Å²) >= 11 is 0. The van der Waals surface area contributed by atoms with Crippen molar-refractivity contribution in [3.8, 4) is 11.5 Å². The van der Waals surface area contributed by atoms with Gasteiger partial charge in [0.1, 0.15) is 13.2 Å². The van der Waals surface area contributed by atoms with E-state index in [2.05, 4.69) is 0 Å². The lowest BCUT2D eigenvalue weighted by Crippen LogP contribution is -2.50. The molecule has 2 heterocycles. The van der Waals surface area contributed by atoms with Gasteiger partial charge in [0.25, 0.3) is 0 Å². The predicted octanol–water partition coefficient (Wildman–Crippen LogP) is 1.26. The van der Waals surface area contributed by atoms with Crippen LogP contribution in [0.4, 0.5) is 0 Å². The normalized spacial score (nSPS) is 26.6. The Balaban J connectivity index is 1.94. The number of rotatable bonds is 2. The highest BCUT2D eigenvalue weighted by atomic mass is 32.2. The second-order valence-electron chi connectivity index (χ2n) is 5.37. The van der Waals surface area contributed by atoms with Crippen molar-refractivity contribution in [2.24, 2.45) is 0 Å². The highest BCUT2D eigenvalue weighted by molar-refractivity contribution is 7.89. The van der Waals surface area contributed by atoms with Crippen molar-refractivity contribution in [3.05, 3.63) is 18.2 Å². The molecule has 1 aromatic rings. The van der Waals surface area contributed by atoms with Crippen molar-refractivity contribution in [3.63, 3.8) is 0 Å². The molecule has 0 spiro atoms. The maximum Gasteiger partial charge on any atom is 0.243 e. The largest absolute Gasteiger partial charge is 0.486 e. The first kappa shape index (κ1) is 14.6. The van der Waals surface area contributed by atoms with Gasteiger partial charge in [0, 0.05) is 18.7 Å². The monoisotopic (exact) mass is 313 g/mol. The van der Waals surface area contributed by atoms with E-state index in [9.17, 15) is 8.42 Å². The Bertz CT molecular complexity index is 630. The lowest BCUT2D eigenvalue weighted by molar-refractivity contribution is -0.0170. The average molecular weight is 313 g/mol. The van der Waals surface area contributed by atoms with Gasteiger partial charge in [-0.2, -0.15) is 4.31 Å². The minimum atomic E-state index is -3.56. The minimum Gasteiger partial charge on any atom is -0.486 e. The summed E-state index contributed by atoms with van der Waals surface area (Å²) in [4.78, 5) is 0.229. The molecule has 2 aliphatic heterocycles. The van der Waals surface area contributed by atoms with Gasteiger partial charge in [0.2, 0.25) is 10.0 Å². The molecule has 2 aliphatic rings. The van der Waals surface area contributed by atoms with E-state index in [0.717, 1.165) is 0 Å². The molecule has 0 saturated carbocycles.